The average Bonchev–Trinajstić information content (AvgIpc) is 0.767. The Morgan fingerprint density at radius 2 is 0.438 bits per heavy atom. The molecule has 0 radical (unpaired) electrons. The van der Waals surface area contributed by atoms with Crippen molar-refractivity contribution in [1.29, 1.82) is 0 Å². The van der Waals surface area contributed by atoms with Crippen molar-refractivity contribution in [2.24, 2.45) is 0 Å². The number of carboxylic acid groups (broad SMARTS) is 3. The highest BCUT2D eigenvalue weighted by molar-refractivity contribution is 7.80. The quantitative estimate of drug-likeness (QED) is 0.0236. The van der Waals surface area contributed by atoms with Gasteiger partial charge >= 0.3 is 0 Å². The summed E-state index contributed by atoms with van der Waals surface area (Å²) in [4.78, 5) is 31.9. The Morgan fingerprint density at radius 3 is 0.752 bits per heavy atom. The van der Waals surface area contributed by atoms with E-state index in [-0.39, 0.29) is 19.3 Å². The van der Waals surface area contributed by atoms with E-state index in [4.69, 9.17) is 9.47 Å². The van der Waals surface area contributed by atoms with Crippen LogP contribution in [0.2, 0.25) is 0 Å². The lowest BCUT2D eigenvalue weighted by Crippen LogP contribution is -2.24. The van der Waals surface area contributed by atoms with Crippen molar-refractivity contribution < 1.29 is 39.2 Å². The van der Waals surface area contributed by atoms with Crippen LogP contribution in [-0.2, 0) is 56.3 Å². The number of hydrogen-bond acceptors (Lipinski definition) is 10. The fourth-order valence-corrected chi connectivity index (χ4v) is 19.2. The molecule has 0 fully saturated rings. The van der Waals surface area contributed by atoms with E-state index in [1.54, 1.807) is 0 Å². The number of aliphatic carboxylic acids is 3. The van der Waals surface area contributed by atoms with Gasteiger partial charge in [-0.1, -0.05) is 337 Å². The number of thiol groups is 2. The van der Waals surface area contributed by atoms with E-state index >= 15 is 0 Å². The van der Waals surface area contributed by atoms with Crippen LogP contribution in [0, 0.1) is 0 Å². The lowest BCUT2D eigenvalue weighted by atomic mass is 9.90. The average molecular weight is 1630 g/mol. The molecule has 0 atom stereocenters. The van der Waals surface area contributed by atoms with Crippen molar-refractivity contribution in [2.75, 3.05) is 24.7 Å². The zero-order valence-corrected chi connectivity index (χ0v) is 70.7. The maximum absolute atomic E-state index is 10.9. The van der Waals surface area contributed by atoms with E-state index < -0.39 is 17.9 Å². The predicted octanol–water partition coefficient (Wildman–Crippen LogP) is 26.1. The molecular weight excluding hydrogens is 1530 g/mol. The van der Waals surface area contributed by atoms with E-state index in [1.807, 2.05) is 24.3 Å². The first kappa shape index (κ1) is 83.3. The zero-order valence-electron chi connectivity index (χ0n) is 68.9. The molecule has 20 aromatic carbocycles. The summed E-state index contributed by atoms with van der Waals surface area (Å²) in [6, 6.07) is 97.8. The summed E-state index contributed by atoms with van der Waals surface area (Å²) in [5, 5.41) is 70.7. The third kappa shape index (κ3) is 19.0. The van der Waals surface area contributed by atoms with Gasteiger partial charge in [-0.3, -0.25) is 0 Å². The van der Waals surface area contributed by atoms with Crippen LogP contribution in [0.25, 0.3) is 162 Å². The van der Waals surface area contributed by atoms with Crippen LogP contribution >= 0.6 is 25.3 Å². The number of benzene rings is 20. The molecule has 10 heteroatoms. The molecule has 0 heterocycles. The second-order valence-electron chi connectivity index (χ2n) is 32.8. The summed E-state index contributed by atoms with van der Waals surface area (Å²) in [6.07, 6.45) is 21.7. The molecule has 0 aliphatic heterocycles. The SMILES string of the molecule is O=C([O-])CCCCCCCCCc1ccc2ccc3cccc4ccc1c2c34.O=C([O-])CCCc1ccc2ccc3cccc4ccc1c2c34.O=C([O-])Cc1ccc2ccc3cccc4ccc1c2c34.SCCCCCCCCOCc1ccc2ccc3cccc4ccc1c2c34.SCCCCCOCc1ccc2ccc3cccc4ccc1c2c34. The van der Waals surface area contributed by atoms with Gasteiger partial charge in [0.2, 0.25) is 0 Å². The molecule has 121 heavy (non-hydrogen) atoms. The van der Waals surface area contributed by atoms with Crippen LogP contribution in [0.15, 0.2) is 273 Å². The topological polar surface area (TPSA) is 139 Å². The number of carboxylic acids is 3. The standard InChI is InChI=1S/C26H28O2.C25H28OS.C22H22OS.C20H16O2.C18H12O2/c27-24(28)12-7-5-3-1-2-4-6-9-19-13-14-22-16-15-20-10-8-11-21-17-18-23(19)26(22)25(20)21;27-17-6-4-2-1-3-5-16-26-18-22-13-12-21-11-10-19-8-7-9-20-14-15-23(22)25(21)24(19)20;24-14-3-1-2-13-23-15-19-10-9-18-8-7-16-5-4-6-17-11-12-20(19)22(18)21(16)17;21-18(22)6-2-3-13-7-8-16-10-9-14-4-1-5-15-11-12-17(13)20(16)19(14)15;19-16(20)10-14-7-6-13-5-4-11-2-1-3-12-8-9-15(14)18(13)17(11)12/h8,10-11,13-18H,1-7,9,12H2,(H,27,28);7-15,27H,1-6,16-18H2;4-12,24H,1-3,13-15H2;1,4-5,7-12H,2-3,6H2,(H,21,22);1-9H,10H2,(H,19,20)/p-3. The maximum Gasteiger partial charge on any atom is 0.0722 e. The van der Waals surface area contributed by atoms with Gasteiger partial charge in [0.15, 0.2) is 0 Å². The maximum atomic E-state index is 10.9. The van der Waals surface area contributed by atoms with Crippen LogP contribution in [-0.4, -0.2) is 42.6 Å². The van der Waals surface area contributed by atoms with Crippen LogP contribution < -0.4 is 15.3 Å². The highest BCUT2D eigenvalue weighted by atomic mass is 32.1. The molecule has 20 rings (SSSR count). The Morgan fingerprint density at radius 1 is 0.215 bits per heavy atom. The molecule has 0 saturated carbocycles. The molecule has 0 saturated heterocycles. The minimum Gasteiger partial charge on any atom is -0.550 e. The highest BCUT2D eigenvalue weighted by Gasteiger charge is 2.18. The van der Waals surface area contributed by atoms with Crippen LogP contribution in [0.3, 0.4) is 0 Å². The normalized spacial score (nSPS) is 11.8. The monoisotopic (exact) mass is 1630 g/mol. The van der Waals surface area contributed by atoms with Gasteiger partial charge in [0.25, 0.3) is 0 Å². The van der Waals surface area contributed by atoms with Crippen molar-refractivity contribution in [1.82, 2.24) is 0 Å². The largest absolute Gasteiger partial charge is 0.550 e. The number of aryl methyl sites for hydroxylation is 2. The van der Waals surface area contributed by atoms with Gasteiger partial charge in [-0.15, -0.1) is 0 Å². The fraction of sp³-hybridized carbons (Fsp3) is 0.252. The minimum atomic E-state index is -1.04. The highest BCUT2D eigenvalue weighted by Crippen LogP contribution is 2.42. The van der Waals surface area contributed by atoms with Crippen molar-refractivity contribution >= 4 is 205 Å². The zero-order chi connectivity index (χ0) is 83.0. The second-order valence-corrected chi connectivity index (χ2v) is 33.7. The molecule has 0 aliphatic carbocycles. The summed E-state index contributed by atoms with van der Waals surface area (Å²) in [6.45, 7) is 3.08. The first-order chi connectivity index (χ1) is 59.5. The Labute approximate surface area is 719 Å². The Balaban J connectivity index is 0.000000113. The van der Waals surface area contributed by atoms with E-state index in [2.05, 4.69) is 274 Å². The van der Waals surface area contributed by atoms with Crippen molar-refractivity contribution in [2.45, 2.75) is 154 Å². The summed E-state index contributed by atoms with van der Waals surface area (Å²) >= 11 is 8.51. The molecule has 0 aromatic heterocycles. The molecule has 0 N–H and O–H groups in total. The smallest absolute Gasteiger partial charge is 0.0722 e. The van der Waals surface area contributed by atoms with E-state index in [1.165, 1.54) is 238 Å². The second kappa shape index (κ2) is 39.9. The summed E-state index contributed by atoms with van der Waals surface area (Å²) in [5.74, 6) is -0.955. The lowest BCUT2D eigenvalue weighted by Gasteiger charge is -2.14. The molecule has 0 bridgehead atoms. The molecule has 8 nitrogen and oxygen atoms in total. The van der Waals surface area contributed by atoms with Gasteiger partial charge in [-0.05, 0) is 272 Å². The first-order valence-corrected chi connectivity index (χ1v) is 45.0. The van der Waals surface area contributed by atoms with E-state index in [0.717, 1.165) is 91.4 Å². The molecule has 0 aliphatic rings. The van der Waals surface area contributed by atoms with Gasteiger partial charge in [0.1, 0.15) is 0 Å². The molecule has 0 unspecified atom stereocenters. The van der Waals surface area contributed by atoms with Crippen molar-refractivity contribution in [3.63, 3.8) is 0 Å². The van der Waals surface area contributed by atoms with Crippen molar-refractivity contribution in [3.05, 3.63) is 301 Å². The fourth-order valence-electron chi connectivity index (χ4n) is 18.7. The Kier molecular flexibility index (Phi) is 27.5. The number of carbonyl (C=O) groups is 3. The van der Waals surface area contributed by atoms with Gasteiger partial charge < -0.3 is 39.2 Å². The Hall–Kier alpha value is -11.4. The van der Waals surface area contributed by atoms with E-state index in [9.17, 15) is 29.7 Å². The van der Waals surface area contributed by atoms with Gasteiger partial charge in [-0.25, -0.2) is 0 Å². The van der Waals surface area contributed by atoms with Gasteiger partial charge in [0, 0.05) is 37.5 Å². The summed E-state index contributed by atoms with van der Waals surface area (Å²) in [5.41, 5.74) is 6.08. The van der Waals surface area contributed by atoms with Gasteiger partial charge in [0.05, 0.1) is 13.2 Å². The predicted molar refractivity (Wildman–Crippen MR) is 512 cm³/mol. The molecule has 610 valence electrons. The third-order valence-corrected chi connectivity index (χ3v) is 25.4. The lowest BCUT2D eigenvalue weighted by molar-refractivity contribution is -0.307. The van der Waals surface area contributed by atoms with Crippen LogP contribution in [0.5, 0.6) is 0 Å². The third-order valence-electron chi connectivity index (χ3n) is 24.7. The number of hydrogen-bond donors (Lipinski definition) is 2. The first-order valence-electron chi connectivity index (χ1n) is 43.7. The molecular formula is C111H103O8S2-3. The molecule has 20 aromatic rings. The molecule has 0 amide bonds. The van der Waals surface area contributed by atoms with Crippen LogP contribution in [0.1, 0.15) is 150 Å². The number of carbonyl (C=O) groups excluding carboxylic acids is 3. The number of ether oxygens (including phenoxy) is 2. The van der Waals surface area contributed by atoms with Crippen LogP contribution in [0.4, 0.5) is 0 Å². The summed E-state index contributed by atoms with van der Waals surface area (Å²) in [7, 11) is 0. The Bertz CT molecular complexity index is 6830. The van der Waals surface area contributed by atoms with E-state index in [0.29, 0.717) is 19.6 Å². The minimum absolute atomic E-state index is 0.0475. The molecule has 0 spiro atoms. The number of unbranched alkanes of at least 4 members (excludes halogenated alkanes) is 13. The number of rotatable bonds is 33. The van der Waals surface area contributed by atoms with Gasteiger partial charge in [-0.2, -0.15) is 25.3 Å². The van der Waals surface area contributed by atoms with Crippen molar-refractivity contribution in [3.8, 4) is 0 Å². The summed E-state index contributed by atoms with van der Waals surface area (Å²) < 4.78 is 12.0.